The van der Waals surface area contributed by atoms with Crippen LogP contribution < -0.4 is 5.32 Å². The minimum Gasteiger partial charge on any atom is -0.355 e. The van der Waals surface area contributed by atoms with E-state index in [1.165, 1.54) is 12.1 Å². The number of hydrogen-bond acceptors (Lipinski definition) is 2. The van der Waals surface area contributed by atoms with Gasteiger partial charge in [-0.05, 0) is 36.2 Å². The quantitative estimate of drug-likeness (QED) is 0.786. The summed E-state index contributed by atoms with van der Waals surface area (Å²) in [5.41, 5.74) is 2.57. The first kappa shape index (κ1) is 14.3. The van der Waals surface area contributed by atoms with Crippen LogP contribution in [0.4, 0.5) is 4.39 Å². The van der Waals surface area contributed by atoms with Gasteiger partial charge in [0.2, 0.25) is 5.91 Å². The predicted octanol–water partition coefficient (Wildman–Crippen LogP) is 2.37. The molecule has 0 saturated heterocycles. The van der Waals surface area contributed by atoms with Gasteiger partial charge in [0.1, 0.15) is 11.5 Å². The molecule has 0 spiro atoms. The number of rotatable bonds is 5. The molecule has 4 nitrogen and oxygen atoms in total. The molecule has 3 rings (SSSR count). The number of benzene rings is 1. The fourth-order valence-corrected chi connectivity index (χ4v) is 2.30. The maximum absolute atomic E-state index is 12.8. The Kier molecular flexibility index (Phi) is 4.14. The lowest BCUT2D eigenvalue weighted by Gasteiger charge is -2.04. The summed E-state index contributed by atoms with van der Waals surface area (Å²) in [4.78, 5) is 16.3. The van der Waals surface area contributed by atoms with E-state index in [-0.39, 0.29) is 18.1 Å². The standard InChI is InChI=1S/C17H16FN3O/c18-14-6-4-13(5-7-14)8-9-19-17(22)11-15-12-21-10-2-1-3-16(21)20-15/h1-7,10,12H,8-9,11H2,(H,19,22). The van der Waals surface area contributed by atoms with E-state index < -0.39 is 0 Å². The van der Waals surface area contributed by atoms with Gasteiger partial charge in [-0.15, -0.1) is 0 Å². The fourth-order valence-electron chi connectivity index (χ4n) is 2.30. The number of amides is 1. The van der Waals surface area contributed by atoms with Crippen molar-refractivity contribution in [3.05, 3.63) is 71.9 Å². The van der Waals surface area contributed by atoms with Gasteiger partial charge >= 0.3 is 0 Å². The lowest BCUT2D eigenvalue weighted by Crippen LogP contribution is -2.27. The monoisotopic (exact) mass is 297 g/mol. The average Bonchev–Trinajstić information content (AvgIpc) is 2.91. The summed E-state index contributed by atoms with van der Waals surface area (Å²) < 4.78 is 14.7. The number of pyridine rings is 1. The van der Waals surface area contributed by atoms with Crippen LogP contribution in [0.1, 0.15) is 11.3 Å². The highest BCUT2D eigenvalue weighted by atomic mass is 19.1. The van der Waals surface area contributed by atoms with Crippen LogP contribution in [0.15, 0.2) is 54.9 Å². The van der Waals surface area contributed by atoms with Gasteiger partial charge < -0.3 is 9.72 Å². The number of hydrogen-bond donors (Lipinski definition) is 1. The zero-order valence-corrected chi connectivity index (χ0v) is 12.0. The first-order valence-electron chi connectivity index (χ1n) is 7.14. The molecule has 1 aromatic carbocycles. The molecule has 0 aliphatic carbocycles. The van der Waals surface area contributed by atoms with Crippen LogP contribution in [0.5, 0.6) is 0 Å². The molecule has 1 amide bonds. The Morgan fingerprint density at radius 1 is 1.18 bits per heavy atom. The van der Waals surface area contributed by atoms with E-state index in [0.717, 1.165) is 16.9 Å². The molecule has 2 aromatic heterocycles. The predicted molar refractivity (Wildman–Crippen MR) is 82.0 cm³/mol. The van der Waals surface area contributed by atoms with Gasteiger partial charge in [0, 0.05) is 18.9 Å². The van der Waals surface area contributed by atoms with Crippen molar-refractivity contribution < 1.29 is 9.18 Å². The average molecular weight is 297 g/mol. The van der Waals surface area contributed by atoms with Crippen LogP contribution in [0, 0.1) is 5.82 Å². The van der Waals surface area contributed by atoms with Crippen LogP contribution in [-0.2, 0) is 17.6 Å². The third kappa shape index (κ3) is 3.49. The molecule has 0 fully saturated rings. The van der Waals surface area contributed by atoms with E-state index in [0.29, 0.717) is 13.0 Å². The minimum atomic E-state index is -0.250. The van der Waals surface area contributed by atoms with Crippen LogP contribution >= 0.6 is 0 Å². The largest absolute Gasteiger partial charge is 0.355 e. The molecule has 5 heteroatoms. The van der Waals surface area contributed by atoms with Crippen molar-refractivity contribution in [2.45, 2.75) is 12.8 Å². The van der Waals surface area contributed by atoms with Crippen LogP contribution in [0.3, 0.4) is 0 Å². The minimum absolute atomic E-state index is 0.0643. The first-order valence-corrected chi connectivity index (χ1v) is 7.14. The number of fused-ring (bicyclic) bond motifs is 1. The summed E-state index contributed by atoms with van der Waals surface area (Å²) in [5, 5.41) is 2.86. The van der Waals surface area contributed by atoms with Gasteiger partial charge in [0.25, 0.3) is 0 Å². The molecule has 1 N–H and O–H groups in total. The Bertz CT molecular complexity index is 747. The lowest BCUT2D eigenvalue weighted by atomic mass is 10.1. The van der Waals surface area contributed by atoms with E-state index in [1.807, 2.05) is 35.0 Å². The van der Waals surface area contributed by atoms with Gasteiger partial charge in [-0.3, -0.25) is 4.79 Å². The zero-order valence-electron chi connectivity index (χ0n) is 12.0. The van der Waals surface area contributed by atoms with Crippen molar-refractivity contribution in [1.29, 1.82) is 0 Å². The Labute approximate surface area is 127 Å². The summed E-state index contributed by atoms with van der Waals surface area (Å²) in [6.07, 6.45) is 4.69. The van der Waals surface area contributed by atoms with E-state index >= 15 is 0 Å². The van der Waals surface area contributed by atoms with Gasteiger partial charge in [-0.25, -0.2) is 9.37 Å². The highest BCUT2D eigenvalue weighted by Gasteiger charge is 2.07. The Hall–Kier alpha value is -2.69. The molecule has 0 aliphatic heterocycles. The molecule has 2 heterocycles. The second-order valence-corrected chi connectivity index (χ2v) is 5.10. The number of aromatic nitrogens is 2. The Morgan fingerprint density at radius 2 is 2.00 bits per heavy atom. The SMILES string of the molecule is O=C(Cc1cn2ccccc2n1)NCCc1ccc(F)cc1. The van der Waals surface area contributed by atoms with Crippen molar-refractivity contribution in [3.8, 4) is 0 Å². The van der Waals surface area contributed by atoms with Crippen molar-refractivity contribution in [2.24, 2.45) is 0 Å². The maximum atomic E-state index is 12.8. The topological polar surface area (TPSA) is 46.4 Å². The van der Waals surface area contributed by atoms with Crippen molar-refractivity contribution in [3.63, 3.8) is 0 Å². The summed E-state index contributed by atoms with van der Waals surface area (Å²) in [7, 11) is 0. The highest BCUT2D eigenvalue weighted by molar-refractivity contribution is 5.78. The molecular formula is C17H16FN3O. The molecule has 0 saturated carbocycles. The molecule has 0 radical (unpaired) electrons. The highest BCUT2D eigenvalue weighted by Crippen LogP contribution is 2.05. The smallest absolute Gasteiger partial charge is 0.226 e. The number of imidazole rings is 1. The maximum Gasteiger partial charge on any atom is 0.226 e. The number of carbonyl (C=O) groups is 1. The van der Waals surface area contributed by atoms with Crippen LogP contribution in [0.25, 0.3) is 5.65 Å². The van der Waals surface area contributed by atoms with Crippen LogP contribution in [0.2, 0.25) is 0 Å². The molecule has 0 bridgehead atoms. The van der Waals surface area contributed by atoms with Crippen molar-refractivity contribution >= 4 is 11.6 Å². The van der Waals surface area contributed by atoms with E-state index in [2.05, 4.69) is 10.3 Å². The van der Waals surface area contributed by atoms with E-state index in [4.69, 9.17) is 0 Å². The molecule has 0 unspecified atom stereocenters. The van der Waals surface area contributed by atoms with Crippen LogP contribution in [-0.4, -0.2) is 21.8 Å². The fraction of sp³-hybridized carbons (Fsp3) is 0.176. The second-order valence-electron chi connectivity index (χ2n) is 5.10. The van der Waals surface area contributed by atoms with Crippen molar-refractivity contribution in [2.75, 3.05) is 6.54 Å². The Balaban J connectivity index is 1.50. The molecule has 3 aromatic rings. The number of nitrogens with one attached hydrogen (secondary N) is 1. The van der Waals surface area contributed by atoms with Gasteiger partial charge in [0.05, 0.1) is 12.1 Å². The van der Waals surface area contributed by atoms with Gasteiger partial charge in [0.15, 0.2) is 0 Å². The number of nitrogens with zero attached hydrogens (tertiary/aromatic N) is 2. The van der Waals surface area contributed by atoms with E-state index in [1.54, 1.807) is 12.1 Å². The summed E-state index contributed by atoms with van der Waals surface area (Å²) in [5.74, 6) is -0.315. The lowest BCUT2D eigenvalue weighted by molar-refractivity contribution is -0.120. The van der Waals surface area contributed by atoms with E-state index in [9.17, 15) is 9.18 Å². The van der Waals surface area contributed by atoms with Crippen molar-refractivity contribution in [1.82, 2.24) is 14.7 Å². The molecular weight excluding hydrogens is 281 g/mol. The first-order chi connectivity index (χ1) is 10.7. The third-order valence-electron chi connectivity index (χ3n) is 3.40. The molecule has 22 heavy (non-hydrogen) atoms. The summed E-state index contributed by atoms with van der Waals surface area (Å²) in [6.45, 7) is 0.526. The third-order valence-corrected chi connectivity index (χ3v) is 3.40. The van der Waals surface area contributed by atoms with Gasteiger partial charge in [-0.2, -0.15) is 0 Å². The molecule has 0 aliphatic rings. The summed E-state index contributed by atoms with van der Waals surface area (Å²) >= 11 is 0. The molecule has 112 valence electrons. The normalized spacial score (nSPS) is 10.8. The zero-order chi connectivity index (χ0) is 15.4. The summed E-state index contributed by atoms with van der Waals surface area (Å²) in [6, 6.07) is 12.0. The molecule has 0 atom stereocenters. The Morgan fingerprint density at radius 3 is 2.77 bits per heavy atom. The number of carbonyl (C=O) groups excluding carboxylic acids is 1. The second kappa shape index (κ2) is 6.39. The number of halogens is 1. The van der Waals surface area contributed by atoms with Gasteiger partial charge in [-0.1, -0.05) is 18.2 Å².